The van der Waals surface area contributed by atoms with Crippen molar-refractivity contribution < 1.29 is 9.59 Å². The third-order valence-corrected chi connectivity index (χ3v) is 2.15. The summed E-state index contributed by atoms with van der Waals surface area (Å²) in [6.07, 6.45) is 11.8. The first-order chi connectivity index (χ1) is 6.85. The van der Waals surface area contributed by atoms with Crippen LogP contribution in [0.5, 0.6) is 0 Å². The summed E-state index contributed by atoms with van der Waals surface area (Å²) in [5.41, 5.74) is 0. The van der Waals surface area contributed by atoms with Gasteiger partial charge in [-0.15, -0.1) is 0 Å². The molecule has 1 atom stereocenters. The SMILES string of the molecule is CCCCCC/C=C/C(C=O)CC=O. The van der Waals surface area contributed by atoms with Gasteiger partial charge in [-0.3, -0.25) is 0 Å². The predicted molar refractivity (Wildman–Crippen MR) is 58.1 cm³/mol. The molecular formula is C12H20O2. The molecule has 0 rings (SSSR count). The van der Waals surface area contributed by atoms with Gasteiger partial charge in [-0.1, -0.05) is 38.3 Å². The van der Waals surface area contributed by atoms with E-state index in [1.165, 1.54) is 25.7 Å². The highest BCUT2D eigenvalue weighted by Crippen LogP contribution is 2.05. The Labute approximate surface area is 86.4 Å². The van der Waals surface area contributed by atoms with Gasteiger partial charge in [0, 0.05) is 12.3 Å². The maximum atomic E-state index is 10.5. The van der Waals surface area contributed by atoms with E-state index in [0.717, 1.165) is 19.0 Å². The molecule has 0 radical (unpaired) electrons. The molecule has 0 aliphatic rings. The van der Waals surface area contributed by atoms with Gasteiger partial charge in [0.1, 0.15) is 12.6 Å². The van der Waals surface area contributed by atoms with Gasteiger partial charge in [-0.25, -0.2) is 0 Å². The average molecular weight is 196 g/mol. The topological polar surface area (TPSA) is 34.1 Å². The lowest BCUT2D eigenvalue weighted by Gasteiger charge is -1.98. The third kappa shape index (κ3) is 7.71. The lowest BCUT2D eigenvalue weighted by molar-refractivity contribution is -0.114. The van der Waals surface area contributed by atoms with Gasteiger partial charge in [0.15, 0.2) is 0 Å². The average Bonchev–Trinajstić information content (AvgIpc) is 2.21. The number of hydrogen-bond donors (Lipinski definition) is 0. The normalized spacial score (nSPS) is 12.9. The summed E-state index contributed by atoms with van der Waals surface area (Å²) in [4.78, 5) is 20.6. The molecule has 0 N–H and O–H groups in total. The Bertz CT molecular complexity index is 173. The summed E-state index contributed by atoms with van der Waals surface area (Å²) in [7, 11) is 0. The van der Waals surface area contributed by atoms with Crippen LogP contribution in [0.1, 0.15) is 45.4 Å². The zero-order valence-corrected chi connectivity index (χ0v) is 8.95. The van der Waals surface area contributed by atoms with Crippen LogP contribution < -0.4 is 0 Å². The molecule has 14 heavy (non-hydrogen) atoms. The standard InChI is InChI=1S/C12H20O2/c1-2-3-4-5-6-7-8-12(11-14)9-10-13/h7-8,10-12H,2-6,9H2,1H3/b8-7+. The molecule has 0 aromatic rings. The summed E-state index contributed by atoms with van der Waals surface area (Å²) >= 11 is 0. The number of hydrogen-bond acceptors (Lipinski definition) is 2. The molecular weight excluding hydrogens is 176 g/mol. The first-order valence-electron chi connectivity index (χ1n) is 5.40. The van der Waals surface area contributed by atoms with Crippen molar-refractivity contribution in [1.29, 1.82) is 0 Å². The van der Waals surface area contributed by atoms with Gasteiger partial charge < -0.3 is 9.59 Å². The maximum Gasteiger partial charge on any atom is 0.127 e. The number of unbranched alkanes of at least 4 members (excludes halogenated alkanes) is 4. The monoisotopic (exact) mass is 196 g/mol. The van der Waals surface area contributed by atoms with Crippen LogP contribution in [0, 0.1) is 5.92 Å². The fraction of sp³-hybridized carbons (Fsp3) is 0.667. The molecule has 0 bridgehead atoms. The first-order valence-corrected chi connectivity index (χ1v) is 5.40. The predicted octanol–water partition coefficient (Wildman–Crippen LogP) is 2.92. The van der Waals surface area contributed by atoms with E-state index in [1.807, 2.05) is 12.2 Å². The fourth-order valence-corrected chi connectivity index (χ4v) is 1.25. The maximum absolute atomic E-state index is 10.5. The van der Waals surface area contributed by atoms with Crippen LogP contribution in [-0.4, -0.2) is 12.6 Å². The smallest absolute Gasteiger partial charge is 0.127 e. The lowest BCUT2D eigenvalue weighted by atomic mass is 10.1. The highest BCUT2D eigenvalue weighted by molar-refractivity contribution is 5.64. The summed E-state index contributed by atoms with van der Waals surface area (Å²) in [6.45, 7) is 2.18. The Morgan fingerprint density at radius 1 is 1.14 bits per heavy atom. The van der Waals surface area contributed by atoms with Crippen molar-refractivity contribution in [3.05, 3.63) is 12.2 Å². The van der Waals surface area contributed by atoms with E-state index < -0.39 is 0 Å². The number of carbonyl (C=O) groups is 2. The van der Waals surface area contributed by atoms with Gasteiger partial charge >= 0.3 is 0 Å². The van der Waals surface area contributed by atoms with Crippen LogP contribution in [0.15, 0.2) is 12.2 Å². The molecule has 0 aromatic carbocycles. The van der Waals surface area contributed by atoms with Crippen molar-refractivity contribution >= 4 is 12.6 Å². The second-order valence-electron chi connectivity index (χ2n) is 3.48. The fourth-order valence-electron chi connectivity index (χ4n) is 1.25. The van der Waals surface area contributed by atoms with Crippen molar-refractivity contribution in [3.63, 3.8) is 0 Å². The van der Waals surface area contributed by atoms with Crippen LogP contribution in [0.3, 0.4) is 0 Å². The minimum absolute atomic E-state index is 0.210. The van der Waals surface area contributed by atoms with Crippen LogP contribution in [0.2, 0.25) is 0 Å². The molecule has 0 heterocycles. The van der Waals surface area contributed by atoms with Gasteiger partial charge in [-0.2, -0.15) is 0 Å². The zero-order valence-electron chi connectivity index (χ0n) is 8.95. The van der Waals surface area contributed by atoms with Crippen LogP contribution in [-0.2, 0) is 9.59 Å². The molecule has 2 nitrogen and oxygen atoms in total. The van der Waals surface area contributed by atoms with E-state index in [2.05, 4.69) is 6.92 Å². The molecule has 0 amide bonds. The number of allylic oxidation sites excluding steroid dienone is 2. The number of aldehydes is 2. The molecule has 0 aliphatic carbocycles. The third-order valence-electron chi connectivity index (χ3n) is 2.15. The molecule has 0 aromatic heterocycles. The van der Waals surface area contributed by atoms with Crippen molar-refractivity contribution in [3.8, 4) is 0 Å². The Balaban J connectivity index is 3.48. The Morgan fingerprint density at radius 3 is 2.50 bits per heavy atom. The summed E-state index contributed by atoms with van der Waals surface area (Å²) in [5, 5.41) is 0. The molecule has 1 unspecified atom stereocenters. The van der Waals surface area contributed by atoms with E-state index in [0.29, 0.717) is 6.42 Å². The molecule has 80 valence electrons. The summed E-state index contributed by atoms with van der Waals surface area (Å²) in [6, 6.07) is 0. The van der Waals surface area contributed by atoms with E-state index >= 15 is 0 Å². The van der Waals surface area contributed by atoms with Gasteiger partial charge in [-0.05, 0) is 12.8 Å². The van der Waals surface area contributed by atoms with Crippen LogP contribution in [0.4, 0.5) is 0 Å². The van der Waals surface area contributed by atoms with E-state index in [4.69, 9.17) is 0 Å². The molecule has 0 saturated carbocycles. The quantitative estimate of drug-likeness (QED) is 0.323. The Morgan fingerprint density at radius 2 is 1.93 bits per heavy atom. The molecule has 0 saturated heterocycles. The van der Waals surface area contributed by atoms with Crippen molar-refractivity contribution in [1.82, 2.24) is 0 Å². The Hall–Kier alpha value is -0.920. The highest BCUT2D eigenvalue weighted by atomic mass is 16.1. The Kier molecular flexibility index (Phi) is 9.49. The van der Waals surface area contributed by atoms with Gasteiger partial charge in [0.25, 0.3) is 0 Å². The highest BCUT2D eigenvalue weighted by Gasteiger charge is 1.99. The van der Waals surface area contributed by atoms with Crippen molar-refractivity contribution in [2.75, 3.05) is 0 Å². The number of rotatable bonds is 9. The first kappa shape index (κ1) is 13.1. The number of carbonyl (C=O) groups excluding carboxylic acids is 2. The van der Waals surface area contributed by atoms with Gasteiger partial charge in [0.2, 0.25) is 0 Å². The van der Waals surface area contributed by atoms with E-state index in [1.54, 1.807) is 0 Å². The van der Waals surface area contributed by atoms with E-state index in [9.17, 15) is 9.59 Å². The van der Waals surface area contributed by atoms with E-state index in [-0.39, 0.29) is 5.92 Å². The second-order valence-corrected chi connectivity index (χ2v) is 3.48. The molecule has 2 heteroatoms. The summed E-state index contributed by atoms with van der Waals surface area (Å²) in [5.74, 6) is -0.210. The van der Waals surface area contributed by atoms with Crippen molar-refractivity contribution in [2.45, 2.75) is 45.4 Å². The largest absolute Gasteiger partial charge is 0.303 e. The minimum Gasteiger partial charge on any atom is -0.303 e. The summed E-state index contributed by atoms with van der Waals surface area (Å²) < 4.78 is 0. The molecule has 0 aliphatic heterocycles. The van der Waals surface area contributed by atoms with Crippen LogP contribution in [0.25, 0.3) is 0 Å². The van der Waals surface area contributed by atoms with Crippen LogP contribution >= 0.6 is 0 Å². The molecule has 0 fully saturated rings. The molecule has 0 spiro atoms. The van der Waals surface area contributed by atoms with Crippen molar-refractivity contribution in [2.24, 2.45) is 5.92 Å². The van der Waals surface area contributed by atoms with Gasteiger partial charge in [0.05, 0.1) is 0 Å². The lowest BCUT2D eigenvalue weighted by Crippen LogP contribution is -1.97. The minimum atomic E-state index is -0.210. The second kappa shape index (κ2) is 10.2. The zero-order chi connectivity index (χ0) is 10.6.